The SMILES string of the molecule is COC(=O)c1ccc(-c2ccncc2F)c(CCO)c1. The summed E-state index contributed by atoms with van der Waals surface area (Å²) in [6, 6.07) is 6.39. The third-order valence-corrected chi connectivity index (χ3v) is 2.97. The van der Waals surface area contributed by atoms with Gasteiger partial charge in [0.2, 0.25) is 0 Å². The first-order valence-electron chi connectivity index (χ1n) is 6.09. The number of aliphatic hydroxyl groups is 1. The van der Waals surface area contributed by atoms with E-state index >= 15 is 0 Å². The largest absolute Gasteiger partial charge is 0.465 e. The Labute approximate surface area is 115 Å². The molecule has 0 unspecified atom stereocenters. The van der Waals surface area contributed by atoms with Gasteiger partial charge in [0.05, 0.1) is 18.9 Å². The van der Waals surface area contributed by atoms with Crippen molar-refractivity contribution in [2.45, 2.75) is 6.42 Å². The highest BCUT2D eigenvalue weighted by Crippen LogP contribution is 2.27. The van der Waals surface area contributed by atoms with Crippen molar-refractivity contribution >= 4 is 5.97 Å². The van der Waals surface area contributed by atoms with Crippen LogP contribution in [0.2, 0.25) is 0 Å². The molecule has 0 bridgehead atoms. The van der Waals surface area contributed by atoms with Crippen LogP contribution in [-0.2, 0) is 11.2 Å². The molecule has 2 aromatic rings. The van der Waals surface area contributed by atoms with Crippen molar-refractivity contribution in [2.24, 2.45) is 0 Å². The highest BCUT2D eigenvalue weighted by molar-refractivity contribution is 5.90. The molecule has 1 aromatic carbocycles. The van der Waals surface area contributed by atoms with Gasteiger partial charge in [0, 0.05) is 18.4 Å². The van der Waals surface area contributed by atoms with E-state index in [9.17, 15) is 9.18 Å². The Morgan fingerprint density at radius 3 is 2.80 bits per heavy atom. The fraction of sp³-hybridized carbons (Fsp3) is 0.200. The Morgan fingerprint density at radius 2 is 2.15 bits per heavy atom. The first-order chi connectivity index (χ1) is 9.67. The Hall–Kier alpha value is -2.27. The van der Waals surface area contributed by atoms with Crippen LogP contribution in [-0.4, -0.2) is 29.8 Å². The van der Waals surface area contributed by atoms with Crippen LogP contribution < -0.4 is 0 Å². The number of esters is 1. The molecular weight excluding hydrogens is 261 g/mol. The molecule has 1 N–H and O–H groups in total. The minimum Gasteiger partial charge on any atom is -0.465 e. The normalized spacial score (nSPS) is 10.3. The number of carbonyl (C=O) groups is 1. The predicted octanol–water partition coefficient (Wildman–Crippen LogP) is 2.21. The molecule has 0 fully saturated rings. The number of nitrogens with zero attached hydrogens (tertiary/aromatic N) is 1. The molecule has 0 saturated carbocycles. The smallest absolute Gasteiger partial charge is 0.337 e. The summed E-state index contributed by atoms with van der Waals surface area (Å²) in [6.45, 7) is -0.0929. The van der Waals surface area contributed by atoms with E-state index in [4.69, 9.17) is 5.11 Å². The van der Waals surface area contributed by atoms with E-state index in [1.54, 1.807) is 24.3 Å². The molecule has 0 aliphatic rings. The molecule has 5 heteroatoms. The Morgan fingerprint density at radius 1 is 1.35 bits per heavy atom. The summed E-state index contributed by atoms with van der Waals surface area (Å²) in [6.07, 6.45) is 2.95. The van der Waals surface area contributed by atoms with Crippen LogP contribution in [0.3, 0.4) is 0 Å². The van der Waals surface area contributed by atoms with Gasteiger partial charge in [-0.25, -0.2) is 9.18 Å². The molecule has 0 aliphatic heterocycles. The lowest BCUT2D eigenvalue weighted by molar-refractivity contribution is 0.0600. The molecule has 20 heavy (non-hydrogen) atoms. The maximum Gasteiger partial charge on any atom is 0.337 e. The van der Waals surface area contributed by atoms with E-state index in [0.29, 0.717) is 28.7 Å². The molecule has 0 radical (unpaired) electrons. The molecule has 2 rings (SSSR count). The summed E-state index contributed by atoms with van der Waals surface area (Å²) in [7, 11) is 1.30. The number of pyridine rings is 1. The van der Waals surface area contributed by atoms with Crippen molar-refractivity contribution in [2.75, 3.05) is 13.7 Å². The predicted molar refractivity (Wildman–Crippen MR) is 71.8 cm³/mol. The fourth-order valence-electron chi connectivity index (χ4n) is 2.02. The van der Waals surface area contributed by atoms with Gasteiger partial charge in [-0.1, -0.05) is 6.07 Å². The van der Waals surface area contributed by atoms with Crippen LogP contribution in [0.4, 0.5) is 4.39 Å². The minimum atomic E-state index is -0.467. The van der Waals surface area contributed by atoms with Crippen molar-refractivity contribution in [3.05, 3.63) is 53.6 Å². The van der Waals surface area contributed by atoms with E-state index in [1.165, 1.54) is 13.3 Å². The molecular formula is C15H14FNO3. The highest BCUT2D eigenvalue weighted by atomic mass is 19.1. The van der Waals surface area contributed by atoms with Gasteiger partial charge in [-0.3, -0.25) is 4.98 Å². The molecule has 0 spiro atoms. The Bertz CT molecular complexity index is 628. The van der Waals surface area contributed by atoms with Gasteiger partial charge in [-0.15, -0.1) is 0 Å². The summed E-state index contributed by atoms with van der Waals surface area (Å²) < 4.78 is 18.5. The number of benzene rings is 1. The zero-order valence-electron chi connectivity index (χ0n) is 11.0. The number of hydrogen-bond acceptors (Lipinski definition) is 4. The van der Waals surface area contributed by atoms with Gasteiger partial charge in [0.15, 0.2) is 0 Å². The first kappa shape index (κ1) is 14.1. The second-order valence-electron chi connectivity index (χ2n) is 4.19. The first-order valence-corrected chi connectivity index (χ1v) is 6.09. The lowest BCUT2D eigenvalue weighted by Gasteiger charge is -2.11. The van der Waals surface area contributed by atoms with Crippen molar-refractivity contribution in [1.82, 2.24) is 4.98 Å². The van der Waals surface area contributed by atoms with Crippen molar-refractivity contribution in [3.8, 4) is 11.1 Å². The second kappa shape index (κ2) is 6.25. The summed E-state index contributed by atoms with van der Waals surface area (Å²) in [5.74, 6) is -0.913. The van der Waals surface area contributed by atoms with Crippen LogP contribution in [0.1, 0.15) is 15.9 Å². The van der Waals surface area contributed by atoms with Gasteiger partial charge in [-0.05, 0) is 35.7 Å². The number of hydrogen-bond donors (Lipinski definition) is 1. The average Bonchev–Trinajstić information content (AvgIpc) is 2.47. The summed E-state index contributed by atoms with van der Waals surface area (Å²) in [5, 5.41) is 9.12. The van der Waals surface area contributed by atoms with Crippen molar-refractivity contribution < 1.29 is 19.0 Å². The van der Waals surface area contributed by atoms with Gasteiger partial charge in [0.25, 0.3) is 0 Å². The number of ether oxygens (including phenoxy) is 1. The fourth-order valence-corrected chi connectivity index (χ4v) is 2.02. The number of halogens is 1. The molecule has 1 heterocycles. The molecule has 0 amide bonds. The molecule has 4 nitrogen and oxygen atoms in total. The zero-order valence-corrected chi connectivity index (χ0v) is 11.0. The quantitative estimate of drug-likeness (QED) is 0.869. The van der Waals surface area contributed by atoms with Crippen LogP contribution >= 0.6 is 0 Å². The number of carbonyl (C=O) groups excluding carboxylic acids is 1. The number of aliphatic hydroxyl groups excluding tert-OH is 1. The van der Waals surface area contributed by atoms with Gasteiger partial charge in [-0.2, -0.15) is 0 Å². The van der Waals surface area contributed by atoms with Crippen LogP contribution in [0, 0.1) is 5.82 Å². The maximum absolute atomic E-state index is 13.8. The minimum absolute atomic E-state index is 0.0929. The van der Waals surface area contributed by atoms with Crippen molar-refractivity contribution in [1.29, 1.82) is 0 Å². The number of rotatable bonds is 4. The van der Waals surface area contributed by atoms with E-state index < -0.39 is 11.8 Å². The number of aromatic nitrogens is 1. The van der Waals surface area contributed by atoms with Gasteiger partial charge >= 0.3 is 5.97 Å². The summed E-state index contributed by atoms with van der Waals surface area (Å²) in [4.78, 5) is 15.2. The Kier molecular flexibility index (Phi) is 4.42. The third-order valence-electron chi connectivity index (χ3n) is 2.97. The van der Waals surface area contributed by atoms with Crippen molar-refractivity contribution in [3.63, 3.8) is 0 Å². The highest BCUT2D eigenvalue weighted by Gasteiger charge is 2.13. The molecule has 0 aliphatic carbocycles. The Balaban J connectivity index is 2.53. The summed E-state index contributed by atoms with van der Waals surface area (Å²) in [5.41, 5.74) is 2.07. The lowest BCUT2D eigenvalue weighted by atomic mass is 9.96. The lowest BCUT2D eigenvalue weighted by Crippen LogP contribution is -2.04. The standard InChI is InChI=1S/C15H14FNO3/c1-20-15(19)11-2-3-12(10(8-11)5-7-18)13-4-6-17-9-14(13)16/h2-4,6,8-9,18H,5,7H2,1H3. The van der Waals surface area contributed by atoms with Crippen LogP contribution in [0.5, 0.6) is 0 Å². The van der Waals surface area contributed by atoms with Gasteiger partial charge in [0.1, 0.15) is 5.82 Å². The topological polar surface area (TPSA) is 59.4 Å². The van der Waals surface area contributed by atoms with E-state index in [-0.39, 0.29) is 6.61 Å². The number of methoxy groups -OCH3 is 1. The molecule has 1 aromatic heterocycles. The second-order valence-corrected chi connectivity index (χ2v) is 4.19. The zero-order chi connectivity index (χ0) is 14.5. The van der Waals surface area contributed by atoms with E-state index in [1.807, 2.05) is 0 Å². The maximum atomic E-state index is 13.8. The van der Waals surface area contributed by atoms with Gasteiger partial charge < -0.3 is 9.84 Å². The van der Waals surface area contributed by atoms with Crippen LogP contribution in [0.15, 0.2) is 36.7 Å². The molecule has 104 valence electrons. The monoisotopic (exact) mass is 275 g/mol. The third kappa shape index (κ3) is 2.83. The van der Waals surface area contributed by atoms with E-state index in [2.05, 4.69) is 9.72 Å². The summed E-state index contributed by atoms with van der Waals surface area (Å²) >= 11 is 0. The van der Waals surface area contributed by atoms with E-state index in [0.717, 1.165) is 6.20 Å². The molecule has 0 atom stereocenters. The average molecular weight is 275 g/mol. The molecule has 0 saturated heterocycles. The van der Waals surface area contributed by atoms with Crippen LogP contribution in [0.25, 0.3) is 11.1 Å².